The van der Waals surface area contributed by atoms with Gasteiger partial charge in [-0.15, -0.1) is 10.2 Å². The van der Waals surface area contributed by atoms with Crippen molar-refractivity contribution in [2.75, 3.05) is 5.32 Å². The fraction of sp³-hybridized carbons (Fsp3) is 0.136. The Morgan fingerprint density at radius 1 is 1.03 bits per heavy atom. The number of rotatable bonds is 7. The monoisotopic (exact) mass is 485 g/mol. The maximum Gasteiger partial charge on any atom is 0.293 e. The Morgan fingerprint density at radius 2 is 1.81 bits per heavy atom. The van der Waals surface area contributed by atoms with Crippen LogP contribution in [-0.4, -0.2) is 24.5 Å². The summed E-state index contributed by atoms with van der Waals surface area (Å²) in [6, 6.07) is 17.2. The number of carbonyl (C=O) groups excluding carboxylic acids is 1. The van der Waals surface area contributed by atoms with Crippen molar-refractivity contribution in [3.05, 3.63) is 83.1 Å². The van der Waals surface area contributed by atoms with Crippen molar-refractivity contribution in [1.82, 2.24) is 10.2 Å². The van der Waals surface area contributed by atoms with Gasteiger partial charge in [-0.05, 0) is 43.7 Å². The van der Waals surface area contributed by atoms with Gasteiger partial charge in [-0.3, -0.25) is 10.1 Å². The maximum atomic E-state index is 12.7. The van der Waals surface area contributed by atoms with Crippen LogP contribution in [0, 0.1) is 13.8 Å². The molecule has 0 aliphatic rings. The molecule has 0 bridgehead atoms. The van der Waals surface area contributed by atoms with Crippen LogP contribution in [0.4, 0.5) is 5.13 Å². The summed E-state index contributed by atoms with van der Waals surface area (Å²) in [6.45, 7) is 3.91. The number of hydrogen-bond donors (Lipinski definition) is 1. The molecule has 10 heteroatoms. The van der Waals surface area contributed by atoms with Crippen LogP contribution in [0.3, 0.4) is 0 Å². The fourth-order valence-electron chi connectivity index (χ4n) is 2.84. The molecule has 0 fully saturated rings. The van der Waals surface area contributed by atoms with Gasteiger partial charge >= 0.3 is 0 Å². The molecule has 1 N–H and O–H groups in total. The lowest BCUT2D eigenvalue weighted by Gasteiger charge is -2.02. The molecule has 1 amide bonds. The van der Waals surface area contributed by atoms with Crippen LogP contribution in [0.5, 0.6) is 0 Å². The van der Waals surface area contributed by atoms with Gasteiger partial charge in [0.15, 0.2) is 10.1 Å². The van der Waals surface area contributed by atoms with E-state index in [1.807, 2.05) is 32.0 Å². The van der Waals surface area contributed by atoms with Crippen molar-refractivity contribution < 1.29 is 17.6 Å². The maximum absolute atomic E-state index is 12.7. The van der Waals surface area contributed by atoms with E-state index in [0.717, 1.165) is 11.3 Å². The second kappa shape index (κ2) is 9.27. The number of amides is 1. The van der Waals surface area contributed by atoms with E-state index in [0.29, 0.717) is 9.47 Å². The Balaban J connectivity index is 1.41. The summed E-state index contributed by atoms with van der Waals surface area (Å²) in [5, 5.41) is 10.7. The number of benzene rings is 2. The van der Waals surface area contributed by atoms with Gasteiger partial charge < -0.3 is 4.42 Å². The minimum Gasteiger partial charge on any atom is -0.439 e. The number of anilines is 1. The van der Waals surface area contributed by atoms with Crippen molar-refractivity contribution in [3.63, 3.8) is 0 Å². The van der Waals surface area contributed by atoms with E-state index in [4.69, 9.17) is 4.42 Å². The molecular formula is C22H19N3O4S3. The number of nitrogens with one attached hydrogen (secondary N) is 1. The third kappa shape index (κ3) is 5.09. The molecule has 0 aliphatic carbocycles. The van der Waals surface area contributed by atoms with E-state index >= 15 is 0 Å². The second-order valence-corrected chi connectivity index (χ2v) is 11.1. The van der Waals surface area contributed by atoms with Crippen molar-refractivity contribution in [2.45, 2.75) is 33.9 Å². The van der Waals surface area contributed by atoms with Gasteiger partial charge in [0.1, 0.15) is 0 Å². The molecule has 0 atom stereocenters. The van der Waals surface area contributed by atoms with Crippen molar-refractivity contribution >= 4 is 44.0 Å². The van der Waals surface area contributed by atoms with Crippen LogP contribution in [0.1, 0.15) is 27.2 Å². The molecule has 2 aromatic heterocycles. The summed E-state index contributed by atoms with van der Waals surface area (Å²) >= 11 is 2.76. The highest BCUT2D eigenvalue weighted by Gasteiger charge is 2.24. The number of aryl methyl sites for hydroxylation is 2. The Bertz CT molecular complexity index is 1360. The van der Waals surface area contributed by atoms with Crippen molar-refractivity contribution in [1.29, 1.82) is 0 Å². The van der Waals surface area contributed by atoms with Gasteiger partial charge in [-0.2, -0.15) is 0 Å². The minimum atomic E-state index is -3.85. The Morgan fingerprint density at radius 3 is 2.56 bits per heavy atom. The zero-order valence-electron chi connectivity index (χ0n) is 17.2. The van der Waals surface area contributed by atoms with E-state index in [2.05, 4.69) is 21.6 Å². The highest BCUT2D eigenvalue weighted by molar-refractivity contribution is 8.00. The number of hydrogen-bond acceptors (Lipinski definition) is 8. The van der Waals surface area contributed by atoms with Crippen LogP contribution in [0.15, 0.2) is 79.4 Å². The lowest BCUT2D eigenvalue weighted by Crippen LogP contribution is -2.10. The van der Waals surface area contributed by atoms with Crippen LogP contribution in [0.2, 0.25) is 0 Å². The Labute approximate surface area is 193 Å². The lowest BCUT2D eigenvalue weighted by molar-refractivity contribution is 0.0991. The summed E-state index contributed by atoms with van der Waals surface area (Å²) in [5.74, 6) is 0.0180. The first kappa shape index (κ1) is 22.3. The molecule has 4 rings (SSSR count). The number of furan rings is 1. The van der Waals surface area contributed by atoms with Gasteiger partial charge in [0.05, 0.1) is 4.90 Å². The third-order valence-electron chi connectivity index (χ3n) is 4.47. The van der Waals surface area contributed by atoms with E-state index in [-0.39, 0.29) is 15.7 Å². The van der Waals surface area contributed by atoms with E-state index in [9.17, 15) is 13.2 Å². The molecule has 0 aliphatic heterocycles. The molecule has 0 radical (unpaired) electrons. The fourth-order valence-corrected chi connectivity index (χ4v) is 5.71. The first-order valence-corrected chi connectivity index (χ1v) is 12.8. The number of sulfone groups is 1. The molecule has 2 heterocycles. The normalized spacial score (nSPS) is 11.4. The van der Waals surface area contributed by atoms with Crippen molar-refractivity contribution in [2.24, 2.45) is 0 Å². The van der Waals surface area contributed by atoms with Crippen molar-refractivity contribution in [3.8, 4) is 0 Å². The molecule has 0 saturated heterocycles. The minimum absolute atomic E-state index is 0.101. The largest absolute Gasteiger partial charge is 0.439 e. The summed E-state index contributed by atoms with van der Waals surface area (Å²) < 4.78 is 31.5. The predicted octanol–water partition coefficient (Wildman–Crippen LogP) is 5.13. The molecule has 2 aromatic carbocycles. The van der Waals surface area contributed by atoms with E-state index in [1.165, 1.54) is 58.5 Å². The van der Waals surface area contributed by atoms with Crippen LogP contribution in [-0.2, 0) is 15.6 Å². The highest BCUT2D eigenvalue weighted by atomic mass is 32.2. The Hall–Kier alpha value is -2.95. The lowest BCUT2D eigenvalue weighted by atomic mass is 10.2. The SMILES string of the molecule is Cc1ccc(S(=O)(=O)c2ccc(C(=O)Nc3nnc(SCc4cccc(C)c4)s3)o2)cc1. The van der Waals surface area contributed by atoms with Gasteiger partial charge in [0.25, 0.3) is 5.91 Å². The summed E-state index contributed by atoms with van der Waals surface area (Å²) in [6.07, 6.45) is 0. The van der Waals surface area contributed by atoms with Crippen LogP contribution in [0.25, 0.3) is 0 Å². The summed E-state index contributed by atoms with van der Waals surface area (Å²) in [7, 11) is -3.85. The standard InChI is InChI=1S/C22H19N3O4S3/c1-14-6-8-17(9-7-14)32(27,28)19-11-10-18(29-19)20(26)23-21-24-25-22(31-21)30-13-16-5-3-4-15(2)12-16/h3-12H,13H2,1-2H3,(H,23,24,26). The summed E-state index contributed by atoms with van der Waals surface area (Å²) in [4.78, 5) is 12.6. The van der Waals surface area contributed by atoms with E-state index in [1.54, 1.807) is 12.1 Å². The molecule has 164 valence electrons. The van der Waals surface area contributed by atoms with Gasteiger partial charge in [0.2, 0.25) is 20.1 Å². The number of carbonyl (C=O) groups is 1. The molecule has 0 saturated carbocycles. The smallest absolute Gasteiger partial charge is 0.293 e. The predicted molar refractivity (Wildman–Crippen MR) is 124 cm³/mol. The third-order valence-corrected chi connectivity index (χ3v) is 8.16. The molecule has 0 spiro atoms. The number of thioether (sulfide) groups is 1. The molecule has 32 heavy (non-hydrogen) atoms. The van der Waals surface area contributed by atoms with Gasteiger partial charge in [0, 0.05) is 5.75 Å². The van der Waals surface area contributed by atoms with E-state index < -0.39 is 15.7 Å². The number of aromatic nitrogens is 2. The van der Waals surface area contributed by atoms with Gasteiger partial charge in [-0.1, -0.05) is 70.6 Å². The second-order valence-electron chi connectivity index (χ2n) is 7.04. The average Bonchev–Trinajstić information content (AvgIpc) is 3.43. The topological polar surface area (TPSA) is 102 Å². The van der Waals surface area contributed by atoms with Gasteiger partial charge in [-0.25, -0.2) is 8.42 Å². The van der Waals surface area contributed by atoms with Crippen LogP contribution >= 0.6 is 23.1 Å². The first-order chi connectivity index (χ1) is 15.3. The average molecular weight is 486 g/mol. The first-order valence-electron chi connectivity index (χ1n) is 9.56. The molecule has 4 aromatic rings. The zero-order chi connectivity index (χ0) is 22.7. The molecule has 0 unspecified atom stereocenters. The quantitative estimate of drug-likeness (QED) is 0.286. The summed E-state index contributed by atoms with van der Waals surface area (Å²) in [5.41, 5.74) is 3.31. The molecule has 7 nitrogen and oxygen atoms in total. The zero-order valence-corrected chi connectivity index (χ0v) is 19.7. The highest BCUT2D eigenvalue weighted by Crippen LogP contribution is 2.29. The van der Waals surface area contributed by atoms with Crippen LogP contribution < -0.4 is 5.32 Å². The molecular weight excluding hydrogens is 466 g/mol. The number of nitrogens with zero attached hydrogens (tertiary/aromatic N) is 2. The Kier molecular flexibility index (Phi) is 6.45.